The van der Waals surface area contributed by atoms with Gasteiger partial charge in [0.25, 0.3) is 5.91 Å². The number of hydrogen-bond acceptors (Lipinski definition) is 3. The first-order valence-electron chi connectivity index (χ1n) is 8.94. The van der Waals surface area contributed by atoms with E-state index in [2.05, 4.69) is 17.3 Å². The summed E-state index contributed by atoms with van der Waals surface area (Å²) in [6.07, 6.45) is 1.31. The SMILES string of the molecule is CCCn1nc(C)c(C(=O)NCC(Cc2cccc(C)c2)C(=O)O)c1C. The summed E-state index contributed by atoms with van der Waals surface area (Å²) in [5.74, 6) is -1.85. The Labute approximate surface area is 154 Å². The largest absolute Gasteiger partial charge is 0.481 e. The van der Waals surface area contributed by atoms with Gasteiger partial charge in [0, 0.05) is 18.8 Å². The predicted molar refractivity (Wildman–Crippen MR) is 100 cm³/mol. The van der Waals surface area contributed by atoms with Gasteiger partial charge in [-0.05, 0) is 39.2 Å². The molecular formula is C20H27N3O3. The number of benzene rings is 1. The Morgan fingerprint density at radius 1 is 1.27 bits per heavy atom. The second kappa shape index (κ2) is 8.65. The van der Waals surface area contributed by atoms with E-state index in [0.717, 1.165) is 29.8 Å². The molecule has 1 aromatic heterocycles. The number of carbonyl (C=O) groups excluding carboxylic acids is 1. The highest BCUT2D eigenvalue weighted by Crippen LogP contribution is 2.15. The van der Waals surface area contributed by atoms with Crippen molar-refractivity contribution in [1.29, 1.82) is 0 Å². The number of nitrogens with zero attached hydrogens (tertiary/aromatic N) is 2. The van der Waals surface area contributed by atoms with Crippen LogP contribution in [0, 0.1) is 26.7 Å². The van der Waals surface area contributed by atoms with Crippen molar-refractivity contribution in [3.63, 3.8) is 0 Å². The van der Waals surface area contributed by atoms with Crippen molar-refractivity contribution in [2.24, 2.45) is 5.92 Å². The van der Waals surface area contributed by atoms with Gasteiger partial charge in [-0.1, -0.05) is 36.8 Å². The fourth-order valence-electron chi connectivity index (χ4n) is 3.13. The summed E-state index contributed by atoms with van der Waals surface area (Å²) >= 11 is 0. The Morgan fingerprint density at radius 3 is 2.62 bits per heavy atom. The maximum atomic E-state index is 12.6. The van der Waals surface area contributed by atoms with Crippen molar-refractivity contribution in [1.82, 2.24) is 15.1 Å². The normalized spacial score (nSPS) is 12.0. The van der Waals surface area contributed by atoms with Crippen LogP contribution in [-0.4, -0.2) is 33.3 Å². The molecule has 1 unspecified atom stereocenters. The number of aryl methyl sites for hydroxylation is 3. The van der Waals surface area contributed by atoms with Gasteiger partial charge in [-0.25, -0.2) is 0 Å². The molecule has 0 fully saturated rings. The first kappa shape index (κ1) is 19.7. The first-order chi connectivity index (χ1) is 12.3. The second-order valence-corrected chi connectivity index (χ2v) is 6.71. The van der Waals surface area contributed by atoms with Gasteiger partial charge in [-0.15, -0.1) is 0 Å². The molecule has 6 nitrogen and oxygen atoms in total. The van der Waals surface area contributed by atoms with Gasteiger partial charge in [-0.2, -0.15) is 5.10 Å². The minimum absolute atomic E-state index is 0.0833. The molecule has 0 saturated carbocycles. The summed E-state index contributed by atoms with van der Waals surface area (Å²) in [4.78, 5) is 24.2. The number of nitrogens with one attached hydrogen (secondary N) is 1. The third kappa shape index (κ3) is 4.71. The van der Waals surface area contributed by atoms with Gasteiger partial charge >= 0.3 is 5.97 Å². The van der Waals surface area contributed by atoms with Crippen LogP contribution in [0.3, 0.4) is 0 Å². The second-order valence-electron chi connectivity index (χ2n) is 6.71. The number of amides is 1. The van der Waals surface area contributed by atoms with Crippen LogP contribution < -0.4 is 5.32 Å². The zero-order chi connectivity index (χ0) is 19.3. The van der Waals surface area contributed by atoms with E-state index in [9.17, 15) is 14.7 Å². The Morgan fingerprint density at radius 2 is 2.00 bits per heavy atom. The molecule has 0 spiro atoms. The molecule has 6 heteroatoms. The highest BCUT2D eigenvalue weighted by Gasteiger charge is 2.22. The molecule has 1 atom stereocenters. The van der Waals surface area contributed by atoms with Crippen molar-refractivity contribution in [3.05, 3.63) is 52.3 Å². The topological polar surface area (TPSA) is 84.2 Å². The minimum atomic E-state index is -0.915. The Hall–Kier alpha value is -2.63. The zero-order valence-electron chi connectivity index (χ0n) is 15.9. The Bertz CT molecular complexity index is 796. The molecule has 2 N–H and O–H groups in total. The highest BCUT2D eigenvalue weighted by atomic mass is 16.4. The lowest BCUT2D eigenvalue weighted by molar-refractivity contribution is -0.141. The number of carboxylic acid groups (broad SMARTS) is 1. The summed E-state index contributed by atoms with van der Waals surface area (Å²) in [6.45, 7) is 8.53. The van der Waals surface area contributed by atoms with Crippen LogP contribution in [-0.2, 0) is 17.8 Å². The summed E-state index contributed by atoms with van der Waals surface area (Å²) in [7, 11) is 0. The molecule has 1 amide bonds. The number of carbonyl (C=O) groups is 2. The van der Waals surface area contributed by atoms with Gasteiger partial charge in [0.1, 0.15) is 0 Å². The Balaban J connectivity index is 2.07. The number of hydrogen-bond donors (Lipinski definition) is 2. The van der Waals surface area contributed by atoms with E-state index in [1.807, 2.05) is 42.8 Å². The molecule has 1 heterocycles. The predicted octanol–water partition coefficient (Wildman–Crippen LogP) is 2.89. The van der Waals surface area contributed by atoms with Crippen LogP contribution in [0.4, 0.5) is 0 Å². The van der Waals surface area contributed by atoms with Crippen LogP contribution in [0.2, 0.25) is 0 Å². The minimum Gasteiger partial charge on any atom is -0.481 e. The summed E-state index contributed by atoms with van der Waals surface area (Å²) in [6, 6.07) is 7.77. The summed E-state index contributed by atoms with van der Waals surface area (Å²) < 4.78 is 1.83. The molecule has 1 aromatic carbocycles. The van der Waals surface area contributed by atoms with Crippen molar-refractivity contribution in [2.75, 3.05) is 6.54 Å². The summed E-state index contributed by atoms with van der Waals surface area (Å²) in [5.41, 5.74) is 4.06. The molecule has 0 aliphatic carbocycles. The lowest BCUT2D eigenvalue weighted by atomic mass is 9.98. The highest BCUT2D eigenvalue weighted by molar-refractivity contribution is 5.96. The number of carboxylic acids is 1. The maximum Gasteiger partial charge on any atom is 0.308 e. The molecular weight excluding hydrogens is 330 g/mol. The molecule has 2 aromatic rings. The van der Waals surface area contributed by atoms with Gasteiger partial charge in [-0.3, -0.25) is 14.3 Å². The van der Waals surface area contributed by atoms with Crippen molar-refractivity contribution >= 4 is 11.9 Å². The van der Waals surface area contributed by atoms with Gasteiger partial charge < -0.3 is 10.4 Å². The van der Waals surface area contributed by atoms with E-state index in [1.54, 1.807) is 6.92 Å². The monoisotopic (exact) mass is 357 g/mol. The first-order valence-corrected chi connectivity index (χ1v) is 8.94. The number of aromatic nitrogens is 2. The van der Waals surface area contributed by atoms with Crippen molar-refractivity contribution in [3.8, 4) is 0 Å². The van der Waals surface area contributed by atoms with E-state index in [-0.39, 0.29) is 12.5 Å². The average molecular weight is 357 g/mol. The van der Waals surface area contributed by atoms with Crippen LogP contribution in [0.5, 0.6) is 0 Å². The van der Waals surface area contributed by atoms with Crippen molar-refractivity contribution in [2.45, 2.75) is 47.1 Å². The number of rotatable bonds is 8. The van der Waals surface area contributed by atoms with Crippen LogP contribution in [0.1, 0.15) is 46.2 Å². The lowest BCUT2D eigenvalue weighted by Crippen LogP contribution is -2.34. The fourth-order valence-corrected chi connectivity index (χ4v) is 3.13. The third-order valence-electron chi connectivity index (χ3n) is 4.47. The standard InChI is InChI=1S/C20H27N3O3/c1-5-9-23-15(4)18(14(3)22-23)19(24)21-12-17(20(25)26)11-16-8-6-7-13(2)10-16/h6-8,10,17H,5,9,11-12H2,1-4H3,(H,21,24)(H,25,26). The van der Waals surface area contributed by atoms with E-state index >= 15 is 0 Å². The molecule has 2 rings (SSSR count). The molecule has 26 heavy (non-hydrogen) atoms. The number of aliphatic carboxylic acids is 1. The molecule has 0 radical (unpaired) electrons. The van der Waals surface area contributed by atoms with Gasteiger partial charge in [0.05, 0.1) is 17.2 Å². The van der Waals surface area contributed by atoms with Crippen molar-refractivity contribution < 1.29 is 14.7 Å². The molecule has 140 valence electrons. The van der Waals surface area contributed by atoms with Gasteiger partial charge in [0.2, 0.25) is 0 Å². The lowest BCUT2D eigenvalue weighted by Gasteiger charge is -2.14. The van der Waals surface area contributed by atoms with E-state index in [1.165, 1.54) is 0 Å². The maximum absolute atomic E-state index is 12.6. The van der Waals surface area contributed by atoms with Crippen LogP contribution >= 0.6 is 0 Å². The average Bonchev–Trinajstić information content (AvgIpc) is 2.85. The summed E-state index contributed by atoms with van der Waals surface area (Å²) in [5, 5.41) is 16.7. The molecule has 0 bridgehead atoms. The smallest absolute Gasteiger partial charge is 0.308 e. The third-order valence-corrected chi connectivity index (χ3v) is 4.47. The van der Waals surface area contributed by atoms with Crippen LogP contribution in [0.15, 0.2) is 24.3 Å². The van der Waals surface area contributed by atoms with Gasteiger partial charge in [0.15, 0.2) is 0 Å². The molecule has 0 aliphatic heterocycles. The molecule has 0 saturated heterocycles. The van der Waals surface area contributed by atoms with E-state index in [4.69, 9.17) is 0 Å². The van der Waals surface area contributed by atoms with E-state index < -0.39 is 11.9 Å². The van der Waals surface area contributed by atoms with Crippen LogP contribution in [0.25, 0.3) is 0 Å². The fraction of sp³-hybridized carbons (Fsp3) is 0.450. The Kier molecular flexibility index (Phi) is 6.55. The zero-order valence-corrected chi connectivity index (χ0v) is 15.9. The molecule has 0 aliphatic rings. The van der Waals surface area contributed by atoms with E-state index in [0.29, 0.717) is 17.7 Å². The quantitative estimate of drug-likeness (QED) is 0.761.